The lowest BCUT2D eigenvalue weighted by atomic mass is 10.1. The van der Waals surface area contributed by atoms with Crippen molar-refractivity contribution in [2.45, 2.75) is 25.8 Å². The summed E-state index contributed by atoms with van der Waals surface area (Å²) in [6, 6.07) is 7.07. The van der Waals surface area contributed by atoms with E-state index >= 15 is 0 Å². The van der Waals surface area contributed by atoms with Gasteiger partial charge in [-0.25, -0.2) is 0 Å². The number of nitrogens with one attached hydrogen (secondary N) is 1. The zero-order valence-electron chi connectivity index (χ0n) is 11.1. The van der Waals surface area contributed by atoms with E-state index in [0.717, 1.165) is 18.6 Å². The van der Waals surface area contributed by atoms with Crippen LogP contribution in [0.2, 0.25) is 0 Å². The van der Waals surface area contributed by atoms with Crippen LogP contribution in [0.1, 0.15) is 30.1 Å². The van der Waals surface area contributed by atoms with Crippen molar-refractivity contribution >= 4 is 5.91 Å². The average Bonchev–Trinajstić information content (AvgIpc) is 2.82. The molecule has 1 saturated heterocycles. The van der Waals surface area contributed by atoms with Gasteiger partial charge in [-0.3, -0.25) is 4.79 Å². The molecule has 1 heterocycles. The van der Waals surface area contributed by atoms with Crippen LogP contribution in [0.4, 0.5) is 0 Å². The molecular weight excluding hydrogens is 242 g/mol. The molecular formula is C15H19NO3. The predicted octanol–water partition coefficient (Wildman–Crippen LogP) is 2.51. The number of hydrogen-bond acceptors (Lipinski definition) is 3. The summed E-state index contributed by atoms with van der Waals surface area (Å²) < 4.78 is 10.7. The third-order valence-electron chi connectivity index (χ3n) is 2.98. The standard InChI is InChI=1S/C15H19NO3/c1-3-9-19-13-6-4-12(5-7-13)15(17)16-14-8-10-18-11(14)2/h4-7,14H,2-3,8-10H2,1H3,(H,16,17). The van der Waals surface area contributed by atoms with Gasteiger partial charge in [-0.1, -0.05) is 13.5 Å². The Hall–Kier alpha value is -1.97. The van der Waals surface area contributed by atoms with E-state index in [1.165, 1.54) is 0 Å². The minimum atomic E-state index is -0.112. The number of carbonyl (C=O) groups is 1. The highest BCUT2D eigenvalue weighted by atomic mass is 16.5. The van der Waals surface area contributed by atoms with Crippen molar-refractivity contribution in [2.75, 3.05) is 13.2 Å². The monoisotopic (exact) mass is 261 g/mol. The average molecular weight is 261 g/mol. The summed E-state index contributed by atoms with van der Waals surface area (Å²) in [6.07, 6.45) is 1.74. The third kappa shape index (κ3) is 3.50. The summed E-state index contributed by atoms with van der Waals surface area (Å²) in [4.78, 5) is 12.0. The fourth-order valence-electron chi connectivity index (χ4n) is 1.89. The second kappa shape index (κ2) is 6.27. The predicted molar refractivity (Wildman–Crippen MR) is 73.2 cm³/mol. The first-order chi connectivity index (χ1) is 9.20. The fourth-order valence-corrected chi connectivity index (χ4v) is 1.89. The molecule has 4 nitrogen and oxygen atoms in total. The molecule has 0 spiro atoms. The second-order valence-corrected chi connectivity index (χ2v) is 4.50. The minimum Gasteiger partial charge on any atom is -0.496 e. The Morgan fingerprint density at radius 1 is 1.47 bits per heavy atom. The molecule has 0 aliphatic carbocycles. The Balaban J connectivity index is 1.93. The van der Waals surface area contributed by atoms with E-state index in [-0.39, 0.29) is 11.9 Å². The molecule has 1 atom stereocenters. The molecule has 1 N–H and O–H groups in total. The maximum atomic E-state index is 12.0. The first-order valence-electron chi connectivity index (χ1n) is 6.56. The Kier molecular flexibility index (Phi) is 4.44. The van der Waals surface area contributed by atoms with Crippen LogP contribution >= 0.6 is 0 Å². The van der Waals surface area contributed by atoms with Crippen LogP contribution in [0.25, 0.3) is 0 Å². The van der Waals surface area contributed by atoms with Gasteiger partial charge in [0.25, 0.3) is 5.91 Å². The van der Waals surface area contributed by atoms with Gasteiger partial charge in [-0.05, 0) is 30.7 Å². The van der Waals surface area contributed by atoms with E-state index in [2.05, 4.69) is 18.8 Å². The summed E-state index contributed by atoms with van der Waals surface area (Å²) in [5, 5.41) is 2.90. The Morgan fingerprint density at radius 3 is 2.79 bits per heavy atom. The molecule has 4 heteroatoms. The molecule has 1 unspecified atom stereocenters. The molecule has 1 aliphatic heterocycles. The molecule has 0 radical (unpaired) electrons. The molecule has 102 valence electrons. The number of benzene rings is 1. The highest BCUT2D eigenvalue weighted by molar-refractivity contribution is 5.94. The van der Waals surface area contributed by atoms with Gasteiger partial charge in [0.05, 0.1) is 19.3 Å². The van der Waals surface area contributed by atoms with Crippen molar-refractivity contribution in [3.05, 3.63) is 42.2 Å². The molecule has 1 aromatic rings. The Labute approximate surface area is 113 Å². The normalized spacial score (nSPS) is 17.9. The van der Waals surface area contributed by atoms with Crippen molar-refractivity contribution in [3.63, 3.8) is 0 Å². The van der Waals surface area contributed by atoms with Crippen LogP contribution in [0.15, 0.2) is 36.6 Å². The summed E-state index contributed by atoms with van der Waals surface area (Å²) in [5.41, 5.74) is 0.614. The molecule has 1 aliphatic rings. The SMILES string of the molecule is C=C1OCCC1NC(=O)c1ccc(OCCC)cc1. The maximum absolute atomic E-state index is 12.0. The van der Waals surface area contributed by atoms with Crippen molar-refractivity contribution in [1.29, 1.82) is 0 Å². The Bertz CT molecular complexity index is 453. The van der Waals surface area contributed by atoms with Gasteiger partial charge in [0.15, 0.2) is 0 Å². The topological polar surface area (TPSA) is 47.6 Å². The van der Waals surface area contributed by atoms with Crippen molar-refractivity contribution in [3.8, 4) is 5.75 Å². The zero-order chi connectivity index (χ0) is 13.7. The zero-order valence-corrected chi connectivity index (χ0v) is 11.1. The van der Waals surface area contributed by atoms with Gasteiger partial charge >= 0.3 is 0 Å². The maximum Gasteiger partial charge on any atom is 0.251 e. The van der Waals surface area contributed by atoms with E-state index in [9.17, 15) is 4.79 Å². The van der Waals surface area contributed by atoms with Gasteiger partial charge in [0.2, 0.25) is 0 Å². The van der Waals surface area contributed by atoms with Gasteiger partial charge in [0, 0.05) is 12.0 Å². The summed E-state index contributed by atoms with van der Waals surface area (Å²) in [7, 11) is 0. The highest BCUT2D eigenvalue weighted by Gasteiger charge is 2.22. The number of rotatable bonds is 5. The fraction of sp³-hybridized carbons (Fsp3) is 0.400. The molecule has 2 rings (SSSR count). The van der Waals surface area contributed by atoms with Crippen LogP contribution < -0.4 is 10.1 Å². The highest BCUT2D eigenvalue weighted by Crippen LogP contribution is 2.17. The molecule has 19 heavy (non-hydrogen) atoms. The van der Waals surface area contributed by atoms with Crippen molar-refractivity contribution in [1.82, 2.24) is 5.32 Å². The van der Waals surface area contributed by atoms with Crippen LogP contribution in [0, 0.1) is 0 Å². The molecule has 1 aromatic carbocycles. The van der Waals surface area contributed by atoms with Gasteiger partial charge in [0.1, 0.15) is 11.5 Å². The van der Waals surface area contributed by atoms with Gasteiger partial charge in [-0.2, -0.15) is 0 Å². The second-order valence-electron chi connectivity index (χ2n) is 4.50. The number of carbonyl (C=O) groups excluding carboxylic acids is 1. The smallest absolute Gasteiger partial charge is 0.251 e. The molecule has 1 amide bonds. The third-order valence-corrected chi connectivity index (χ3v) is 2.98. The molecule has 0 aromatic heterocycles. The summed E-state index contributed by atoms with van der Waals surface area (Å²) >= 11 is 0. The van der Waals surface area contributed by atoms with E-state index in [1.807, 2.05) is 12.1 Å². The van der Waals surface area contributed by atoms with Crippen LogP contribution in [-0.2, 0) is 4.74 Å². The van der Waals surface area contributed by atoms with Gasteiger partial charge < -0.3 is 14.8 Å². The van der Waals surface area contributed by atoms with Crippen molar-refractivity contribution in [2.24, 2.45) is 0 Å². The Morgan fingerprint density at radius 2 is 2.21 bits per heavy atom. The van der Waals surface area contributed by atoms with Gasteiger partial charge in [-0.15, -0.1) is 0 Å². The summed E-state index contributed by atoms with van der Waals surface area (Å²) in [6.45, 7) is 7.13. The molecule has 0 bridgehead atoms. The van der Waals surface area contributed by atoms with Crippen molar-refractivity contribution < 1.29 is 14.3 Å². The lowest BCUT2D eigenvalue weighted by molar-refractivity contribution is 0.0941. The van der Waals surface area contributed by atoms with Crippen LogP contribution in [-0.4, -0.2) is 25.2 Å². The number of amides is 1. The summed E-state index contributed by atoms with van der Waals surface area (Å²) in [5.74, 6) is 1.31. The van der Waals surface area contributed by atoms with E-state index in [4.69, 9.17) is 9.47 Å². The first kappa shape index (κ1) is 13.5. The van der Waals surface area contributed by atoms with Crippen LogP contribution in [0.5, 0.6) is 5.75 Å². The van der Waals surface area contributed by atoms with Crippen LogP contribution in [0.3, 0.4) is 0 Å². The largest absolute Gasteiger partial charge is 0.496 e. The van der Waals surface area contributed by atoms with E-state index < -0.39 is 0 Å². The minimum absolute atomic E-state index is 0.0801. The van der Waals surface area contributed by atoms with E-state index in [0.29, 0.717) is 24.5 Å². The molecule has 0 saturated carbocycles. The quantitative estimate of drug-likeness (QED) is 0.886. The van der Waals surface area contributed by atoms with E-state index in [1.54, 1.807) is 12.1 Å². The number of hydrogen-bond donors (Lipinski definition) is 1. The first-order valence-corrected chi connectivity index (χ1v) is 6.56. The number of ether oxygens (including phenoxy) is 2. The molecule has 1 fully saturated rings. The lowest BCUT2D eigenvalue weighted by Crippen LogP contribution is -2.33. The lowest BCUT2D eigenvalue weighted by Gasteiger charge is -2.12.